The highest BCUT2D eigenvalue weighted by Crippen LogP contribution is 2.37. The zero-order valence-electron chi connectivity index (χ0n) is 35.1. The van der Waals surface area contributed by atoms with Crippen molar-refractivity contribution >= 4 is 39.5 Å². The van der Waals surface area contributed by atoms with Gasteiger partial charge in [0.05, 0.1) is 11.0 Å². The van der Waals surface area contributed by atoms with Gasteiger partial charge in [0.1, 0.15) is 0 Å². The van der Waals surface area contributed by atoms with Gasteiger partial charge in [-0.3, -0.25) is 0 Å². The maximum absolute atomic E-state index is 3.89. The molecular formula is C60H49N. The highest BCUT2D eigenvalue weighted by atomic mass is 15.0. The lowest BCUT2D eigenvalue weighted by molar-refractivity contribution is 0.869. The lowest BCUT2D eigenvalue weighted by Crippen LogP contribution is -1.99. The van der Waals surface area contributed by atoms with Crippen LogP contribution in [0.2, 0.25) is 0 Å². The van der Waals surface area contributed by atoms with Gasteiger partial charge in [-0.15, -0.1) is 0 Å². The first-order valence-corrected chi connectivity index (χ1v) is 21.1. The quantitative estimate of drug-likeness (QED) is 0.0962. The summed E-state index contributed by atoms with van der Waals surface area (Å²) in [6.45, 7) is 11.3. The van der Waals surface area contributed by atoms with E-state index < -0.39 is 0 Å². The van der Waals surface area contributed by atoms with E-state index in [2.05, 4.69) is 238 Å². The molecule has 0 aliphatic heterocycles. The Bertz CT molecular complexity index is 3060. The standard InChI is InChI=1S/C60H49N/c1-5-6-26-55-42(2)18-16-17-25-54(55)37-48-27-29-50(35-43(48)3)52-31-33-56-57-34-32-53(40-60(57)61(59(56)39-52)41-45-19-10-7-11-20-45)51-30-28-49(44(4)36-51)38-58(46-21-12-8-13-22-46)47-23-14-9-15-24-47/h5-40H,1,41H2,2-4H3/b26-6-,54-37-. The maximum Gasteiger partial charge on any atom is 0.0500 e. The highest BCUT2D eigenvalue weighted by molar-refractivity contribution is 6.10. The first-order chi connectivity index (χ1) is 29.9. The highest BCUT2D eigenvalue weighted by Gasteiger charge is 2.16. The van der Waals surface area contributed by atoms with E-state index in [9.17, 15) is 0 Å². The Hall–Kier alpha value is -7.48. The SMILES string of the molecule is C=C/C=C\C1=C(C)C=CC=C/C1=C/c1ccc(-c2ccc3c4ccc(-c5ccc(C=C(c6ccccc6)c6ccccc6)c(C)c5)cc4n(Cc4ccccc4)c3c2)cc1C. The molecule has 0 fully saturated rings. The molecule has 1 heterocycles. The molecule has 1 aliphatic rings. The van der Waals surface area contributed by atoms with E-state index in [1.54, 1.807) is 0 Å². The average molecular weight is 784 g/mol. The number of aryl methyl sites for hydroxylation is 2. The molecule has 1 nitrogen and oxygen atoms in total. The van der Waals surface area contributed by atoms with Gasteiger partial charge in [-0.2, -0.15) is 0 Å². The minimum atomic E-state index is 0.779. The van der Waals surface area contributed by atoms with E-state index in [0.29, 0.717) is 0 Å². The minimum Gasteiger partial charge on any atom is -0.336 e. The topological polar surface area (TPSA) is 4.93 Å². The molecule has 0 N–H and O–H groups in total. The molecule has 0 spiro atoms. The first kappa shape index (κ1) is 39.0. The Morgan fingerprint density at radius 3 is 1.61 bits per heavy atom. The molecule has 0 saturated carbocycles. The summed E-state index contributed by atoms with van der Waals surface area (Å²) in [5.41, 5.74) is 20.8. The summed E-state index contributed by atoms with van der Waals surface area (Å²) in [6.07, 6.45) is 19.2. The minimum absolute atomic E-state index is 0.779. The van der Waals surface area contributed by atoms with Crippen LogP contribution in [0.25, 0.3) is 61.8 Å². The van der Waals surface area contributed by atoms with Crippen LogP contribution in [0, 0.1) is 13.8 Å². The Balaban J connectivity index is 1.10. The second kappa shape index (κ2) is 17.4. The fourth-order valence-corrected chi connectivity index (χ4v) is 8.60. The Morgan fingerprint density at radius 2 is 1.05 bits per heavy atom. The molecule has 294 valence electrons. The van der Waals surface area contributed by atoms with E-state index in [0.717, 1.165) is 6.54 Å². The predicted octanol–water partition coefficient (Wildman–Crippen LogP) is 16.0. The summed E-state index contributed by atoms with van der Waals surface area (Å²) >= 11 is 0. The first-order valence-electron chi connectivity index (χ1n) is 21.1. The monoisotopic (exact) mass is 783 g/mol. The summed E-state index contributed by atoms with van der Waals surface area (Å²) in [4.78, 5) is 0. The van der Waals surface area contributed by atoms with Crippen molar-refractivity contribution in [3.8, 4) is 22.3 Å². The number of benzene rings is 7. The number of nitrogens with zero attached hydrogens (tertiary/aromatic N) is 1. The fraction of sp³-hybridized carbons (Fsp3) is 0.0667. The summed E-state index contributed by atoms with van der Waals surface area (Å²) in [5, 5.41) is 2.53. The van der Waals surface area contributed by atoms with Crippen molar-refractivity contribution in [3.05, 3.63) is 269 Å². The predicted molar refractivity (Wildman–Crippen MR) is 263 cm³/mol. The van der Waals surface area contributed by atoms with Crippen molar-refractivity contribution < 1.29 is 0 Å². The molecular weight excluding hydrogens is 735 g/mol. The summed E-state index contributed by atoms with van der Waals surface area (Å²) in [6, 6.07) is 59.9. The fourth-order valence-electron chi connectivity index (χ4n) is 8.60. The van der Waals surface area contributed by atoms with Gasteiger partial charge in [0.2, 0.25) is 0 Å². The van der Waals surface area contributed by atoms with Gasteiger partial charge < -0.3 is 4.57 Å². The number of fused-ring (bicyclic) bond motifs is 3. The van der Waals surface area contributed by atoms with E-state index in [-0.39, 0.29) is 0 Å². The van der Waals surface area contributed by atoms with Crippen molar-refractivity contribution in [2.24, 2.45) is 0 Å². The third kappa shape index (κ3) is 8.24. The molecule has 0 amide bonds. The summed E-state index contributed by atoms with van der Waals surface area (Å²) < 4.78 is 2.51. The molecule has 8 aromatic rings. The van der Waals surface area contributed by atoms with Crippen molar-refractivity contribution in [2.75, 3.05) is 0 Å². The molecule has 1 aliphatic carbocycles. The van der Waals surface area contributed by atoms with Gasteiger partial charge >= 0.3 is 0 Å². The van der Waals surface area contributed by atoms with Gasteiger partial charge in [-0.05, 0) is 129 Å². The van der Waals surface area contributed by atoms with Crippen LogP contribution in [0.15, 0.2) is 230 Å². The van der Waals surface area contributed by atoms with Gasteiger partial charge in [0.15, 0.2) is 0 Å². The summed E-state index contributed by atoms with van der Waals surface area (Å²) in [5.74, 6) is 0. The van der Waals surface area contributed by atoms with Crippen molar-refractivity contribution in [1.82, 2.24) is 4.57 Å². The molecule has 61 heavy (non-hydrogen) atoms. The van der Waals surface area contributed by atoms with Crippen LogP contribution in [0.1, 0.15) is 45.9 Å². The second-order valence-corrected chi connectivity index (χ2v) is 16.0. The third-order valence-electron chi connectivity index (χ3n) is 11.9. The van der Waals surface area contributed by atoms with Gasteiger partial charge in [-0.25, -0.2) is 0 Å². The molecule has 9 rings (SSSR count). The molecule has 0 saturated heterocycles. The molecule has 0 unspecified atom stereocenters. The average Bonchev–Trinajstić information content (AvgIpc) is 3.48. The molecule has 1 aromatic heterocycles. The summed E-state index contributed by atoms with van der Waals surface area (Å²) in [7, 11) is 0. The van der Waals surface area contributed by atoms with E-state index in [1.165, 1.54) is 105 Å². The van der Waals surface area contributed by atoms with Gasteiger partial charge in [0.25, 0.3) is 0 Å². The van der Waals surface area contributed by atoms with Crippen LogP contribution in [0.4, 0.5) is 0 Å². The number of hydrogen-bond donors (Lipinski definition) is 0. The molecule has 1 heteroatoms. The molecule has 0 bridgehead atoms. The smallest absolute Gasteiger partial charge is 0.0500 e. The second-order valence-electron chi connectivity index (χ2n) is 16.0. The normalized spacial score (nSPS) is 13.4. The van der Waals surface area contributed by atoms with Crippen LogP contribution in [0.5, 0.6) is 0 Å². The lowest BCUT2D eigenvalue weighted by atomic mass is 9.93. The Morgan fingerprint density at radius 1 is 0.541 bits per heavy atom. The zero-order chi connectivity index (χ0) is 41.7. The lowest BCUT2D eigenvalue weighted by Gasteiger charge is -2.12. The van der Waals surface area contributed by atoms with Crippen molar-refractivity contribution in [2.45, 2.75) is 27.3 Å². The van der Waals surface area contributed by atoms with Crippen LogP contribution in [-0.2, 0) is 6.54 Å². The third-order valence-corrected chi connectivity index (χ3v) is 11.9. The molecule has 0 atom stereocenters. The molecule has 0 radical (unpaired) electrons. The number of rotatable bonds is 10. The van der Waals surface area contributed by atoms with Crippen LogP contribution in [-0.4, -0.2) is 4.57 Å². The van der Waals surface area contributed by atoms with E-state index in [1.807, 2.05) is 12.2 Å². The van der Waals surface area contributed by atoms with Gasteiger partial charge in [0, 0.05) is 17.3 Å². The molecule has 7 aromatic carbocycles. The number of allylic oxidation sites excluding steroid dienone is 10. The van der Waals surface area contributed by atoms with E-state index >= 15 is 0 Å². The Labute approximate surface area is 360 Å². The number of aromatic nitrogens is 1. The zero-order valence-corrected chi connectivity index (χ0v) is 35.1. The maximum atomic E-state index is 3.89. The van der Waals surface area contributed by atoms with Crippen molar-refractivity contribution in [3.63, 3.8) is 0 Å². The van der Waals surface area contributed by atoms with Crippen LogP contribution in [0.3, 0.4) is 0 Å². The number of hydrogen-bond acceptors (Lipinski definition) is 0. The Kier molecular flexibility index (Phi) is 11.1. The van der Waals surface area contributed by atoms with Crippen LogP contribution < -0.4 is 0 Å². The van der Waals surface area contributed by atoms with Crippen LogP contribution >= 0.6 is 0 Å². The van der Waals surface area contributed by atoms with E-state index in [4.69, 9.17) is 0 Å². The van der Waals surface area contributed by atoms with Crippen molar-refractivity contribution in [1.29, 1.82) is 0 Å². The van der Waals surface area contributed by atoms with Gasteiger partial charge in [-0.1, -0.05) is 201 Å². The largest absolute Gasteiger partial charge is 0.336 e.